The van der Waals surface area contributed by atoms with Gasteiger partial charge in [-0.1, -0.05) is 6.92 Å². The summed E-state index contributed by atoms with van der Waals surface area (Å²) in [4.78, 5) is 42.1. The van der Waals surface area contributed by atoms with Gasteiger partial charge in [-0.2, -0.15) is 0 Å². The smallest absolute Gasteiger partial charge is 0.255 e. The molecule has 3 aliphatic carbocycles. The van der Waals surface area contributed by atoms with Crippen molar-refractivity contribution in [3.8, 4) is 11.5 Å². The van der Waals surface area contributed by atoms with Crippen molar-refractivity contribution in [3.05, 3.63) is 45.4 Å². The first kappa shape index (κ1) is 29.4. The number of hydrogen-bond acceptors (Lipinski definition) is 10. The molecule has 0 radical (unpaired) electrons. The number of rotatable bonds is 8. The number of methoxy groups -OCH3 is 1. The third kappa shape index (κ3) is 4.32. The zero-order valence-corrected chi connectivity index (χ0v) is 22.6. The number of aromatic hydroxyl groups is 1. The molecule has 0 bridgehead atoms. The molecule has 40 heavy (non-hydrogen) atoms. The van der Waals surface area contributed by atoms with Crippen LogP contribution in [-0.2, 0) is 22.6 Å². The van der Waals surface area contributed by atoms with Crippen LogP contribution in [-0.4, -0.2) is 100 Å². The minimum atomic E-state index is -2.74. The number of aliphatic hydroxyl groups excluding tert-OH is 2. The van der Waals surface area contributed by atoms with E-state index in [2.05, 4.69) is 0 Å². The van der Waals surface area contributed by atoms with Crippen molar-refractivity contribution in [2.45, 2.75) is 44.4 Å². The van der Waals surface area contributed by atoms with Gasteiger partial charge in [0, 0.05) is 29.2 Å². The number of carbonyl (C=O) groups excluding carboxylic acids is 3. The van der Waals surface area contributed by atoms with Gasteiger partial charge in [0.25, 0.3) is 12.3 Å². The van der Waals surface area contributed by atoms with Crippen molar-refractivity contribution in [2.75, 3.05) is 34.3 Å². The predicted molar refractivity (Wildman–Crippen MR) is 137 cm³/mol. The molecule has 11 nitrogen and oxygen atoms in total. The summed E-state index contributed by atoms with van der Waals surface area (Å²) in [6.45, 7) is 1.49. The SMILES string of the molecule is CCN(Cc1cc(O)c2c(c1OC)C[C@H]1C[C@H]3[C@H](N(C)C)C(O)=C(C(N)=O)C(=O)[C@@]3(O)C(O)=C1C2=O)CC(F)F. The summed E-state index contributed by atoms with van der Waals surface area (Å²) in [7, 11) is 4.43. The maximum absolute atomic E-state index is 13.8. The van der Waals surface area contributed by atoms with E-state index in [-0.39, 0.29) is 42.8 Å². The number of phenols is 1. The van der Waals surface area contributed by atoms with Crippen molar-refractivity contribution in [1.29, 1.82) is 0 Å². The molecular weight excluding hydrogens is 532 g/mol. The Balaban J connectivity index is 1.88. The fourth-order valence-electron chi connectivity index (χ4n) is 6.48. The number of Topliss-reactive ketones (excluding diaryl/α,β-unsaturated/α-hetero) is 2. The van der Waals surface area contributed by atoms with E-state index < -0.39 is 76.8 Å². The van der Waals surface area contributed by atoms with Crippen LogP contribution in [0.1, 0.15) is 34.8 Å². The second-order valence-corrected chi connectivity index (χ2v) is 10.6. The van der Waals surface area contributed by atoms with Crippen LogP contribution in [0.25, 0.3) is 0 Å². The molecule has 0 fully saturated rings. The number of fused-ring (bicyclic) bond motifs is 3. The number of hydrogen-bond donors (Lipinski definition) is 5. The van der Waals surface area contributed by atoms with Crippen molar-refractivity contribution in [1.82, 2.24) is 9.80 Å². The number of carbonyl (C=O) groups is 3. The van der Waals surface area contributed by atoms with Crippen molar-refractivity contribution >= 4 is 17.5 Å². The van der Waals surface area contributed by atoms with Crippen LogP contribution in [0.5, 0.6) is 11.5 Å². The number of aliphatic hydroxyl groups is 3. The summed E-state index contributed by atoms with van der Waals surface area (Å²) in [5.74, 6) is -7.31. The molecule has 13 heteroatoms. The first-order chi connectivity index (χ1) is 18.7. The highest BCUT2D eigenvalue weighted by Gasteiger charge is 2.63. The lowest BCUT2D eigenvalue weighted by Gasteiger charge is -2.50. The van der Waals surface area contributed by atoms with Crippen LogP contribution in [0.15, 0.2) is 28.7 Å². The highest BCUT2D eigenvalue weighted by atomic mass is 19.3. The molecule has 3 aliphatic rings. The van der Waals surface area contributed by atoms with Crippen LogP contribution in [0.2, 0.25) is 0 Å². The minimum Gasteiger partial charge on any atom is -0.510 e. The average Bonchev–Trinajstić information content (AvgIpc) is 2.85. The fourth-order valence-corrected chi connectivity index (χ4v) is 6.48. The van der Waals surface area contributed by atoms with Gasteiger partial charge in [0.15, 0.2) is 11.4 Å². The summed E-state index contributed by atoms with van der Waals surface area (Å²) in [6.07, 6.45) is -2.63. The molecule has 0 saturated heterocycles. The number of allylic oxidation sites excluding steroid dienone is 1. The molecule has 0 aliphatic heterocycles. The maximum atomic E-state index is 13.8. The molecule has 0 heterocycles. The molecule has 6 N–H and O–H groups in total. The first-order valence-corrected chi connectivity index (χ1v) is 12.8. The van der Waals surface area contributed by atoms with Crippen molar-refractivity contribution in [3.63, 3.8) is 0 Å². The highest BCUT2D eigenvalue weighted by Crippen LogP contribution is 2.53. The molecule has 1 amide bonds. The molecule has 218 valence electrons. The van der Waals surface area contributed by atoms with E-state index in [0.717, 1.165) is 0 Å². The van der Waals surface area contributed by atoms with Gasteiger partial charge in [-0.05, 0) is 45.5 Å². The Morgan fingerprint density at radius 2 is 1.90 bits per heavy atom. The van der Waals surface area contributed by atoms with Gasteiger partial charge in [0.05, 0.1) is 25.3 Å². The molecule has 4 atom stereocenters. The lowest BCUT2D eigenvalue weighted by molar-refractivity contribution is -0.148. The summed E-state index contributed by atoms with van der Waals surface area (Å²) in [5, 5.41) is 44.7. The molecule has 0 aromatic heterocycles. The monoisotopic (exact) mass is 565 g/mol. The Labute approximate surface area is 229 Å². The van der Waals surface area contributed by atoms with Crippen LogP contribution in [0.4, 0.5) is 8.78 Å². The first-order valence-electron chi connectivity index (χ1n) is 12.8. The molecule has 1 aromatic rings. The quantitative estimate of drug-likeness (QED) is 0.288. The maximum Gasteiger partial charge on any atom is 0.255 e. The van der Waals surface area contributed by atoms with Crippen LogP contribution < -0.4 is 10.5 Å². The average molecular weight is 566 g/mol. The van der Waals surface area contributed by atoms with E-state index in [9.17, 15) is 43.6 Å². The summed E-state index contributed by atoms with van der Waals surface area (Å²) >= 11 is 0. The van der Waals surface area contributed by atoms with Crippen LogP contribution in [0.3, 0.4) is 0 Å². The Morgan fingerprint density at radius 3 is 2.42 bits per heavy atom. The third-order valence-electron chi connectivity index (χ3n) is 8.19. The largest absolute Gasteiger partial charge is 0.510 e. The predicted octanol–water partition coefficient (Wildman–Crippen LogP) is 1.22. The Bertz CT molecular complexity index is 1340. The number of nitrogens with two attached hydrogens (primary N) is 1. The number of benzene rings is 1. The number of primary amides is 1. The standard InChI is InChI=1S/C27H33F2N3O8/c1-5-32(10-16(28)29)9-12-8-15(33)18-13(23(12)40-4)6-11-7-14-20(31(2)3)22(35)19(26(30)38)25(37)27(14,39)24(36)17(11)21(18)34/h8,11,14,16,20,33,35-36,39H,5-7,9-10H2,1-4H3,(H2,30,38)/t11-,14-,20-,27-/m0/s1. The lowest BCUT2D eigenvalue weighted by atomic mass is 9.58. The molecule has 1 aromatic carbocycles. The third-order valence-corrected chi connectivity index (χ3v) is 8.19. The topological polar surface area (TPSA) is 174 Å². The number of halogens is 2. The Morgan fingerprint density at radius 1 is 1.25 bits per heavy atom. The summed E-state index contributed by atoms with van der Waals surface area (Å²) in [5.41, 5.74) is 1.88. The number of phenolic OH excluding ortho intramolecular Hbond substituents is 1. The van der Waals surface area contributed by atoms with Gasteiger partial charge >= 0.3 is 0 Å². The Kier molecular flexibility index (Phi) is 7.69. The van der Waals surface area contributed by atoms with Gasteiger partial charge in [-0.3, -0.25) is 24.2 Å². The normalized spacial score (nSPS) is 26.4. The van der Waals surface area contributed by atoms with E-state index in [1.807, 2.05) is 0 Å². The molecule has 0 unspecified atom stereocenters. The second-order valence-electron chi connectivity index (χ2n) is 10.6. The lowest BCUT2D eigenvalue weighted by Crippen LogP contribution is -2.63. The van der Waals surface area contributed by atoms with Crippen molar-refractivity contribution in [2.24, 2.45) is 17.6 Å². The van der Waals surface area contributed by atoms with E-state index >= 15 is 0 Å². The number of amides is 1. The highest BCUT2D eigenvalue weighted by molar-refractivity contribution is 6.24. The van der Waals surface area contributed by atoms with E-state index in [4.69, 9.17) is 10.5 Å². The van der Waals surface area contributed by atoms with Gasteiger partial charge in [-0.25, -0.2) is 8.78 Å². The summed E-state index contributed by atoms with van der Waals surface area (Å²) in [6, 6.07) is 0.126. The number of likely N-dealkylation sites (N-methyl/N-ethyl adjacent to an activating group) is 1. The van der Waals surface area contributed by atoms with Crippen molar-refractivity contribution < 1.29 is 48.3 Å². The van der Waals surface area contributed by atoms with E-state index in [1.54, 1.807) is 21.0 Å². The summed E-state index contributed by atoms with van der Waals surface area (Å²) < 4.78 is 31.7. The van der Waals surface area contributed by atoms with Gasteiger partial charge in [0.2, 0.25) is 5.78 Å². The Hall–Kier alpha value is -3.55. The number of alkyl halides is 2. The molecular formula is C27H33F2N3O8. The van der Waals surface area contributed by atoms with E-state index in [0.29, 0.717) is 11.1 Å². The minimum absolute atomic E-state index is 0.00575. The van der Waals surface area contributed by atoms with E-state index in [1.165, 1.54) is 23.0 Å². The van der Waals surface area contributed by atoms with Gasteiger partial charge in [0.1, 0.15) is 28.6 Å². The number of ether oxygens (including phenoxy) is 1. The number of nitrogens with zero attached hydrogens (tertiary/aromatic N) is 2. The molecule has 0 saturated carbocycles. The second kappa shape index (κ2) is 10.5. The zero-order chi connectivity index (χ0) is 29.8. The molecule has 4 rings (SSSR count). The van der Waals surface area contributed by atoms with Crippen LogP contribution >= 0.6 is 0 Å². The zero-order valence-electron chi connectivity index (χ0n) is 22.6. The van der Waals surface area contributed by atoms with Crippen LogP contribution in [0, 0.1) is 11.8 Å². The van der Waals surface area contributed by atoms with Gasteiger partial charge < -0.3 is 30.9 Å². The van der Waals surface area contributed by atoms with Gasteiger partial charge in [-0.15, -0.1) is 0 Å². The molecule has 0 spiro atoms. The number of ketones is 2. The fraction of sp³-hybridized carbons (Fsp3) is 0.519.